The summed E-state index contributed by atoms with van der Waals surface area (Å²) in [5.74, 6) is -0.0433. The van der Waals surface area contributed by atoms with E-state index in [2.05, 4.69) is 19.2 Å². The van der Waals surface area contributed by atoms with E-state index in [1.165, 1.54) is 0 Å². The van der Waals surface area contributed by atoms with Crippen molar-refractivity contribution in [2.45, 2.75) is 53.0 Å². The van der Waals surface area contributed by atoms with Gasteiger partial charge in [0.1, 0.15) is 0 Å². The summed E-state index contributed by atoms with van der Waals surface area (Å²) in [6.07, 6.45) is 0.918. The summed E-state index contributed by atoms with van der Waals surface area (Å²) < 4.78 is 0. The standard InChI is InChI=1S/C19H30N2O2/c1-6-15(5)18(16-11-9-8-10-12-16)19(23)21(7-2)13-17(22)20-14(3)4/h8-12,14-15,18H,6-7,13H2,1-5H3,(H,20,22). The summed E-state index contributed by atoms with van der Waals surface area (Å²) in [5, 5.41) is 2.85. The maximum Gasteiger partial charge on any atom is 0.239 e. The number of benzene rings is 1. The molecule has 0 spiro atoms. The molecule has 0 saturated heterocycles. The maximum atomic E-state index is 13.0. The molecule has 0 radical (unpaired) electrons. The molecule has 0 aromatic heterocycles. The van der Waals surface area contributed by atoms with Gasteiger partial charge in [0.05, 0.1) is 12.5 Å². The number of carbonyl (C=O) groups is 2. The molecule has 0 heterocycles. The summed E-state index contributed by atoms with van der Waals surface area (Å²) in [6, 6.07) is 9.94. The number of hydrogen-bond acceptors (Lipinski definition) is 2. The van der Waals surface area contributed by atoms with Crippen LogP contribution in [0.15, 0.2) is 30.3 Å². The fourth-order valence-electron chi connectivity index (χ4n) is 2.69. The van der Waals surface area contributed by atoms with E-state index >= 15 is 0 Å². The highest BCUT2D eigenvalue weighted by atomic mass is 16.2. The lowest BCUT2D eigenvalue weighted by molar-refractivity contribution is -0.138. The Balaban J connectivity index is 2.95. The predicted octanol–water partition coefficient (Wildman–Crippen LogP) is 3.19. The molecule has 2 atom stereocenters. The van der Waals surface area contributed by atoms with Gasteiger partial charge in [0.15, 0.2) is 0 Å². The minimum absolute atomic E-state index is 0.0342. The van der Waals surface area contributed by atoms with Gasteiger partial charge in [0.2, 0.25) is 11.8 Å². The largest absolute Gasteiger partial charge is 0.352 e. The predicted molar refractivity (Wildman–Crippen MR) is 94.2 cm³/mol. The third kappa shape index (κ3) is 5.70. The molecule has 2 amide bonds. The Morgan fingerprint density at radius 3 is 2.17 bits per heavy atom. The average Bonchev–Trinajstić information content (AvgIpc) is 2.52. The molecule has 4 nitrogen and oxygen atoms in total. The van der Waals surface area contributed by atoms with Crippen LogP contribution in [-0.2, 0) is 9.59 Å². The topological polar surface area (TPSA) is 49.4 Å². The van der Waals surface area contributed by atoms with Crippen molar-refractivity contribution in [1.29, 1.82) is 0 Å². The van der Waals surface area contributed by atoms with Gasteiger partial charge >= 0.3 is 0 Å². The van der Waals surface area contributed by atoms with Crippen LogP contribution in [0.5, 0.6) is 0 Å². The Labute approximate surface area is 140 Å². The minimum atomic E-state index is -0.201. The average molecular weight is 318 g/mol. The third-order valence-electron chi connectivity index (χ3n) is 4.12. The number of nitrogens with one attached hydrogen (secondary N) is 1. The molecule has 0 bridgehead atoms. The van der Waals surface area contributed by atoms with Crippen molar-refractivity contribution in [1.82, 2.24) is 10.2 Å². The quantitative estimate of drug-likeness (QED) is 0.800. The van der Waals surface area contributed by atoms with Crippen molar-refractivity contribution < 1.29 is 9.59 Å². The van der Waals surface area contributed by atoms with Crippen molar-refractivity contribution in [2.24, 2.45) is 5.92 Å². The van der Waals surface area contributed by atoms with Gasteiger partial charge in [-0.2, -0.15) is 0 Å². The molecular weight excluding hydrogens is 288 g/mol. The number of nitrogens with zero attached hydrogens (tertiary/aromatic N) is 1. The van der Waals surface area contributed by atoms with E-state index < -0.39 is 0 Å². The minimum Gasteiger partial charge on any atom is -0.352 e. The molecule has 23 heavy (non-hydrogen) atoms. The Bertz CT molecular complexity index is 499. The smallest absolute Gasteiger partial charge is 0.239 e. The highest BCUT2D eigenvalue weighted by molar-refractivity contribution is 5.88. The molecule has 0 aliphatic rings. The zero-order chi connectivity index (χ0) is 17.4. The van der Waals surface area contributed by atoms with Gasteiger partial charge in [-0.15, -0.1) is 0 Å². The molecule has 1 aromatic carbocycles. The fourth-order valence-corrected chi connectivity index (χ4v) is 2.69. The van der Waals surface area contributed by atoms with Crippen LogP contribution >= 0.6 is 0 Å². The van der Waals surface area contributed by atoms with E-state index in [0.29, 0.717) is 6.54 Å². The lowest BCUT2D eigenvalue weighted by atomic mass is 9.84. The van der Waals surface area contributed by atoms with Crippen LogP contribution in [0.2, 0.25) is 0 Å². The van der Waals surface area contributed by atoms with Crippen LogP contribution in [0.4, 0.5) is 0 Å². The summed E-state index contributed by atoms with van der Waals surface area (Å²) in [5.41, 5.74) is 1.02. The zero-order valence-electron chi connectivity index (χ0n) is 15.0. The SMILES string of the molecule is CCC(C)C(C(=O)N(CC)CC(=O)NC(C)C)c1ccccc1. The van der Waals surface area contributed by atoms with Gasteiger partial charge in [-0.1, -0.05) is 50.6 Å². The Morgan fingerprint density at radius 1 is 1.09 bits per heavy atom. The highest BCUT2D eigenvalue weighted by Crippen LogP contribution is 2.29. The molecule has 1 rings (SSSR count). The third-order valence-corrected chi connectivity index (χ3v) is 4.12. The van der Waals surface area contributed by atoms with E-state index in [-0.39, 0.29) is 36.2 Å². The Morgan fingerprint density at radius 2 is 1.70 bits per heavy atom. The Kier molecular flexibility index (Phi) is 7.79. The second kappa shape index (κ2) is 9.33. The van der Waals surface area contributed by atoms with E-state index in [4.69, 9.17) is 0 Å². The van der Waals surface area contributed by atoms with E-state index in [9.17, 15) is 9.59 Å². The first-order valence-corrected chi connectivity index (χ1v) is 8.53. The number of hydrogen-bond donors (Lipinski definition) is 1. The lowest BCUT2D eigenvalue weighted by Crippen LogP contribution is -2.45. The van der Waals surface area contributed by atoms with Crippen molar-refractivity contribution in [2.75, 3.05) is 13.1 Å². The molecule has 1 aromatic rings. The van der Waals surface area contributed by atoms with Gasteiger partial charge in [-0.3, -0.25) is 9.59 Å². The second-order valence-electron chi connectivity index (χ2n) is 6.35. The molecule has 0 aliphatic carbocycles. The van der Waals surface area contributed by atoms with Crippen LogP contribution in [-0.4, -0.2) is 35.8 Å². The summed E-state index contributed by atoms with van der Waals surface area (Å²) in [4.78, 5) is 26.7. The molecule has 1 N–H and O–H groups in total. The first kappa shape index (κ1) is 19.2. The maximum absolute atomic E-state index is 13.0. The van der Waals surface area contributed by atoms with Gasteiger partial charge in [-0.05, 0) is 32.3 Å². The first-order chi connectivity index (χ1) is 10.9. The summed E-state index contributed by atoms with van der Waals surface area (Å²) in [7, 11) is 0. The highest BCUT2D eigenvalue weighted by Gasteiger charge is 2.30. The summed E-state index contributed by atoms with van der Waals surface area (Å²) >= 11 is 0. The van der Waals surface area contributed by atoms with Gasteiger partial charge < -0.3 is 10.2 Å². The Hall–Kier alpha value is -1.84. The molecular formula is C19H30N2O2. The van der Waals surface area contributed by atoms with E-state index in [1.54, 1.807) is 4.90 Å². The molecule has 4 heteroatoms. The van der Waals surface area contributed by atoms with Crippen molar-refractivity contribution in [3.63, 3.8) is 0 Å². The molecule has 0 aliphatic heterocycles. The van der Waals surface area contributed by atoms with Crippen molar-refractivity contribution in [3.8, 4) is 0 Å². The van der Waals surface area contributed by atoms with Crippen molar-refractivity contribution in [3.05, 3.63) is 35.9 Å². The van der Waals surface area contributed by atoms with Gasteiger partial charge in [0, 0.05) is 12.6 Å². The van der Waals surface area contributed by atoms with Crippen LogP contribution in [0.3, 0.4) is 0 Å². The normalized spacial score (nSPS) is 13.5. The molecule has 0 saturated carbocycles. The molecule has 0 fully saturated rings. The van der Waals surface area contributed by atoms with Crippen LogP contribution in [0, 0.1) is 5.92 Å². The molecule has 2 unspecified atom stereocenters. The van der Waals surface area contributed by atoms with Crippen molar-refractivity contribution >= 4 is 11.8 Å². The van der Waals surface area contributed by atoms with Crippen LogP contribution < -0.4 is 5.32 Å². The van der Waals surface area contributed by atoms with E-state index in [0.717, 1.165) is 12.0 Å². The number of rotatable bonds is 8. The number of carbonyl (C=O) groups excluding carboxylic acids is 2. The first-order valence-electron chi connectivity index (χ1n) is 8.53. The van der Waals surface area contributed by atoms with Crippen LogP contribution in [0.1, 0.15) is 52.5 Å². The number of likely N-dealkylation sites (N-methyl/N-ethyl adjacent to an activating group) is 1. The van der Waals surface area contributed by atoms with Gasteiger partial charge in [-0.25, -0.2) is 0 Å². The zero-order valence-corrected chi connectivity index (χ0v) is 15.0. The van der Waals surface area contributed by atoms with E-state index in [1.807, 2.05) is 51.1 Å². The lowest BCUT2D eigenvalue weighted by Gasteiger charge is -2.29. The fraction of sp³-hybridized carbons (Fsp3) is 0.579. The number of amides is 2. The van der Waals surface area contributed by atoms with Crippen LogP contribution in [0.25, 0.3) is 0 Å². The summed E-state index contributed by atoms with van der Waals surface area (Å²) in [6.45, 7) is 10.6. The second-order valence-corrected chi connectivity index (χ2v) is 6.35. The monoisotopic (exact) mass is 318 g/mol. The molecule has 128 valence electrons. The van der Waals surface area contributed by atoms with Gasteiger partial charge in [0.25, 0.3) is 0 Å².